The van der Waals surface area contributed by atoms with Gasteiger partial charge in [-0.3, -0.25) is 9.59 Å². The molecule has 0 amide bonds. The monoisotopic (exact) mass is 614 g/mol. The van der Waals surface area contributed by atoms with Crippen molar-refractivity contribution < 1.29 is 28.5 Å². The van der Waals surface area contributed by atoms with Crippen molar-refractivity contribution in [3.8, 4) is 0 Å². The lowest BCUT2D eigenvalue weighted by atomic mass is 9.72. The van der Waals surface area contributed by atoms with Crippen molar-refractivity contribution in [2.75, 3.05) is 0 Å². The predicted molar refractivity (Wildman–Crippen MR) is 163 cm³/mol. The molecule has 1 saturated heterocycles. The zero-order valence-electron chi connectivity index (χ0n) is 24.5. The van der Waals surface area contributed by atoms with Crippen LogP contribution >= 0.6 is 30.3 Å². The smallest absolute Gasteiger partial charge is 0.309 e. The maximum Gasteiger partial charge on any atom is 0.309 e. The molecule has 9 atom stereocenters. The first-order valence-electron chi connectivity index (χ1n) is 13.5. The number of cyclic esters (lactones) is 1. The lowest BCUT2D eigenvalue weighted by molar-refractivity contribution is -0.154. The molecule has 0 saturated carbocycles. The number of ketones is 1. The third-order valence-electron chi connectivity index (χ3n) is 8.15. The minimum atomic E-state index is -1.14. The minimum absolute atomic E-state index is 0.00700. The van der Waals surface area contributed by atoms with Gasteiger partial charge in [-0.2, -0.15) is 0 Å². The van der Waals surface area contributed by atoms with Crippen molar-refractivity contribution in [2.45, 2.75) is 111 Å². The summed E-state index contributed by atoms with van der Waals surface area (Å²) in [7, 11) is 4.43. The van der Waals surface area contributed by atoms with Gasteiger partial charge in [0.15, 0.2) is 0 Å². The Bertz CT molecular complexity index is 1110. The van der Waals surface area contributed by atoms with Crippen LogP contribution in [0.4, 0.5) is 0 Å². The molecule has 0 aromatic carbocycles. The largest absolute Gasteiger partial charge is 0.458 e. The maximum absolute atomic E-state index is 13.7. The molecule has 0 radical (unpaired) electrons. The summed E-state index contributed by atoms with van der Waals surface area (Å²) in [6.07, 6.45) is 0.278. The van der Waals surface area contributed by atoms with Crippen LogP contribution in [0.15, 0.2) is 16.1 Å². The van der Waals surface area contributed by atoms with E-state index >= 15 is 0 Å². The van der Waals surface area contributed by atoms with Gasteiger partial charge in [0, 0.05) is 41.6 Å². The number of aliphatic hydroxyl groups is 1. The molecule has 9 unspecified atom stereocenters. The highest BCUT2D eigenvalue weighted by molar-refractivity contribution is 7.10. The SMILES string of the molecule is C/C(=C\c1csc(C)n1)C1CC(O)C(C)(N=[N+]=[N-])CCCC(C)C(OP)C(C)C(=O)C(C)(C)C(OP)CC(=O)O1. The number of aromatic nitrogens is 1. The highest BCUT2D eigenvalue weighted by Gasteiger charge is 2.44. The second kappa shape index (κ2) is 15.2. The van der Waals surface area contributed by atoms with Gasteiger partial charge < -0.3 is 18.9 Å². The number of thiazole rings is 1. The Labute approximate surface area is 246 Å². The van der Waals surface area contributed by atoms with Crippen LogP contribution in [-0.4, -0.2) is 51.8 Å². The normalized spacial score (nSPS) is 33.2. The number of hydrogen-bond acceptors (Lipinski definition) is 9. The van der Waals surface area contributed by atoms with Gasteiger partial charge >= 0.3 is 5.97 Å². The van der Waals surface area contributed by atoms with E-state index in [9.17, 15) is 20.2 Å². The first-order valence-corrected chi connectivity index (χ1v) is 15.3. The molecule has 1 N–H and O–H groups in total. The fraction of sp³-hybridized carbons (Fsp3) is 0.741. The number of Topliss-reactive ketones (excluding diaryl/α,β-unsaturated/α-hetero) is 1. The number of ether oxygens (including phenoxy) is 1. The first-order chi connectivity index (χ1) is 18.7. The summed E-state index contributed by atoms with van der Waals surface area (Å²) in [5.74, 6) is -1.15. The fourth-order valence-corrected chi connectivity index (χ4v) is 6.87. The molecule has 0 aliphatic carbocycles. The topological polar surface area (TPSA) is 144 Å². The van der Waals surface area contributed by atoms with E-state index in [4.69, 9.17) is 13.8 Å². The van der Waals surface area contributed by atoms with Crippen LogP contribution in [0, 0.1) is 24.2 Å². The maximum atomic E-state index is 13.7. The van der Waals surface area contributed by atoms with Crippen LogP contribution in [-0.2, 0) is 23.4 Å². The molecule has 0 bridgehead atoms. The zero-order chi connectivity index (χ0) is 30.3. The summed E-state index contributed by atoms with van der Waals surface area (Å²) >= 11 is 1.50. The third-order valence-corrected chi connectivity index (χ3v) is 9.58. The number of aliphatic hydroxyl groups excluding tert-OH is 1. The molecule has 1 aliphatic rings. The molecule has 0 spiro atoms. The van der Waals surface area contributed by atoms with E-state index in [-0.39, 0.29) is 24.5 Å². The number of carbonyl (C=O) groups is 2. The predicted octanol–water partition coefficient (Wildman–Crippen LogP) is 6.38. The van der Waals surface area contributed by atoms with Crippen LogP contribution in [0.1, 0.15) is 84.3 Å². The number of carbonyl (C=O) groups excluding carboxylic acids is 2. The molecule has 1 aliphatic heterocycles. The van der Waals surface area contributed by atoms with Gasteiger partial charge in [-0.25, -0.2) is 4.98 Å². The van der Waals surface area contributed by atoms with Gasteiger partial charge in [0.25, 0.3) is 0 Å². The van der Waals surface area contributed by atoms with Crippen molar-refractivity contribution in [1.82, 2.24) is 4.98 Å². The minimum Gasteiger partial charge on any atom is -0.458 e. The summed E-state index contributed by atoms with van der Waals surface area (Å²) in [4.78, 5) is 34.5. The zero-order valence-corrected chi connectivity index (χ0v) is 27.6. The van der Waals surface area contributed by atoms with Crippen LogP contribution in [0.3, 0.4) is 0 Å². The number of hydrogen-bond donors (Lipinski definition) is 1. The second-order valence-electron chi connectivity index (χ2n) is 11.6. The lowest BCUT2D eigenvalue weighted by Gasteiger charge is -2.38. The Hall–Kier alpha value is -1.44. The molecule has 13 heteroatoms. The number of esters is 1. The summed E-state index contributed by atoms with van der Waals surface area (Å²) in [5, 5.41) is 18.2. The van der Waals surface area contributed by atoms with Crippen LogP contribution < -0.4 is 0 Å². The fourth-order valence-electron chi connectivity index (χ4n) is 5.36. The quantitative estimate of drug-likeness (QED) is 0.133. The summed E-state index contributed by atoms with van der Waals surface area (Å²) in [5.41, 5.74) is 8.58. The van der Waals surface area contributed by atoms with Gasteiger partial charge in [0.1, 0.15) is 11.9 Å². The second-order valence-corrected chi connectivity index (χ2v) is 13.2. The van der Waals surface area contributed by atoms with E-state index in [0.29, 0.717) is 24.8 Å². The van der Waals surface area contributed by atoms with E-state index < -0.39 is 47.3 Å². The van der Waals surface area contributed by atoms with Gasteiger partial charge in [0.2, 0.25) is 0 Å². The Morgan fingerprint density at radius 1 is 1.30 bits per heavy atom. The summed E-state index contributed by atoms with van der Waals surface area (Å²) in [6.45, 7) is 12.8. The molecule has 224 valence electrons. The molecular formula is C27H44N4O6P2S. The molecule has 40 heavy (non-hydrogen) atoms. The molecule has 2 rings (SSSR count). The summed E-state index contributed by atoms with van der Waals surface area (Å²) in [6, 6.07) is 0. The van der Waals surface area contributed by atoms with E-state index in [0.717, 1.165) is 10.7 Å². The average molecular weight is 615 g/mol. The number of nitrogens with zero attached hydrogens (tertiary/aromatic N) is 4. The standard InChI is InChI=1S/C27H44N4O6P2S/c1-15-9-8-10-27(7,30-31-28)21(32)12-20(16(2)11-19-14-40-18(4)29-19)35-23(33)13-22(36-38)26(5,6)25(34)17(3)24(15)37-39/h11,14-15,17,20-22,24,32H,8-10,12-13,38-39H2,1-7H3/b16-11+. The number of azide groups is 1. The van der Waals surface area contributed by atoms with Crippen molar-refractivity contribution >= 4 is 48.1 Å². The highest BCUT2D eigenvalue weighted by atomic mass is 32.1. The van der Waals surface area contributed by atoms with Crippen LogP contribution in [0.25, 0.3) is 16.5 Å². The van der Waals surface area contributed by atoms with E-state index in [1.807, 2.05) is 39.2 Å². The van der Waals surface area contributed by atoms with Gasteiger partial charge in [-0.15, -0.1) is 11.3 Å². The van der Waals surface area contributed by atoms with Crippen molar-refractivity contribution in [3.05, 3.63) is 32.1 Å². The highest BCUT2D eigenvalue weighted by Crippen LogP contribution is 2.37. The van der Waals surface area contributed by atoms with Gasteiger partial charge in [-0.1, -0.05) is 46.2 Å². The van der Waals surface area contributed by atoms with Crippen molar-refractivity contribution in [1.29, 1.82) is 0 Å². The third kappa shape index (κ3) is 8.78. The van der Waals surface area contributed by atoms with Crippen LogP contribution in [0.5, 0.6) is 0 Å². The van der Waals surface area contributed by atoms with Crippen molar-refractivity contribution in [3.63, 3.8) is 0 Å². The van der Waals surface area contributed by atoms with E-state index in [2.05, 4.69) is 33.9 Å². The summed E-state index contributed by atoms with van der Waals surface area (Å²) < 4.78 is 17.2. The molecular weight excluding hydrogens is 570 g/mol. The molecule has 1 aromatic rings. The Morgan fingerprint density at radius 3 is 2.52 bits per heavy atom. The molecule has 2 heterocycles. The Balaban J connectivity index is 2.53. The van der Waals surface area contributed by atoms with Crippen molar-refractivity contribution in [2.24, 2.45) is 22.4 Å². The van der Waals surface area contributed by atoms with Gasteiger partial charge in [-0.05, 0) is 49.8 Å². The molecule has 1 fully saturated rings. The average Bonchev–Trinajstić information content (AvgIpc) is 3.30. The molecule has 1 aromatic heterocycles. The molecule has 10 nitrogen and oxygen atoms in total. The Morgan fingerprint density at radius 2 is 1.98 bits per heavy atom. The van der Waals surface area contributed by atoms with Crippen LogP contribution in [0.2, 0.25) is 0 Å². The number of aryl methyl sites for hydroxylation is 1. The lowest BCUT2D eigenvalue weighted by Crippen LogP contribution is -2.46. The van der Waals surface area contributed by atoms with E-state index in [1.54, 1.807) is 20.8 Å². The first kappa shape index (κ1) is 34.8. The number of rotatable bonds is 5. The van der Waals surface area contributed by atoms with Gasteiger partial charge in [0.05, 0.1) is 46.4 Å². The Kier molecular flexibility index (Phi) is 13.2. The van der Waals surface area contributed by atoms with E-state index in [1.165, 1.54) is 11.3 Å².